The topological polar surface area (TPSA) is 49.8 Å². The van der Waals surface area contributed by atoms with Crippen LogP contribution in [0.1, 0.15) is 19.3 Å². The van der Waals surface area contributed by atoms with Gasteiger partial charge in [0.1, 0.15) is 0 Å². The van der Waals surface area contributed by atoms with Gasteiger partial charge in [0.15, 0.2) is 0 Å². The van der Waals surface area contributed by atoms with Gasteiger partial charge in [0, 0.05) is 0 Å². The molecule has 2 fully saturated rings. The summed E-state index contributed by atoms with van der Waals surface area (Å²) >= 11 is 0. The second-order valence-electron chi connectivity index (χ2n) is 4.19. The van der Waals surface area contributed by atoms with Gasteiger partial charge in [-0.25, -0.2) is 0 Å². The predicted octanol–water partition coefficient (Wildman–Crippen LogP) is 0.572. The van der Waals surface area contributed by atoms with E-state index in [1.54, 1.807) is 0 Å². The van der Waals surface area contributed by atoms with Crippen LogP contribution in [0.4, 0.5) is 0 Å². The molecule has 14 heavy (non-hydrogen) atoms. The van der Waals surface area contributed by atoms with E-state index in [0.717, 1.165) is 45.6 Å². The second-order valence-corrected chi connectivity index (χ2v) is 4.19. The molecular formula is C10H17NO3. The maximum atomic E-state index is 10.8. The Morgan fingerprint density at radius 1 is 1.29 bits per heavy atom. The van der Waals surface area contributed by atoms with Crippen molar-refractivity contribution >= 4 is 5.97 Å². The molecule has 2 heterocycles. The predicted molar refractivity (Wildman–Crippen MR) is 51.2 cm³/mol. The summed E-state index contributed by atoms with van der Waals surface area (Å²) in [5.41, 5.74) is 0. The van der Waals surface area contributed by atoms with E-state index in [9.17, 15) is 4.79 Å². The molecular weight excluding hydrogens is 182 g/mol. The summed E-state index contributed by atoms with van der Waals surface area (Å²) in [6, 6.07) is 0.558. The Bertz CT molecular complexity index is 215. The first-order valence-corrected chi connectivity index (χ1v) is 5.32. The number of ether oxygens (including phenoxy) is 1. The highest BCUT2D eigenvalue weighted by Gasteiger charge is 2.29. The summed E-state index contributed by atoms with van der Waals surface area (Å²) in [4.78, 5) is 13.2. The van der Waals surface area contributed by atoms with Crippen LogP contribution in [0.15, 0.2) is 0 Å². The first-order valence-electron chi connectivity index (χ1n) is 5.32. The third kappa shape index (κ3) is 2.07. The zero-order chi connectivity index (χ0) is 9.97. The van der Waals surface area contributed by atoms with E-state index < -0.39 is 5.97 Å². The highest BCUT2D eigenvalue weighted by atomic mass is 16.5. The summed E-state index contributed by atoms with van der Waals surface area (Å²) in [5.74, 6) is -0.752. The van der Waals surface area contributed by atoms with Gasteiger partial charge in [0.25, 0.3) is 0 Å². The minimum atomic E-state index is -0.628. The van der Waals surface area contributed by atoms with Crippen LogP contribution in [0.2, 0.25) is 0 Å². The fourth-order valence-electron chi connectivity index (χ4n) is 2.16. The Morgan fingerprint density at radius 3 is 2.64 bits per heavy atom. The van der Waals surface area contributed by atoms with E-state index in [2.05, 4.69) is 4.90 Å². The van der Waals surface area contributed by atoms with Crippen molar-refractivity contribution in [2.45, 2.75) is 25.3 Å². The average Bonchev–Trinajstić information content (AvgIpc) is 2.26. The van der Waals surface area contributed by atoms with Crippen LogP contribution in [0.3, 0.4) is 0 Å². The highest BCUT2D eigenvalue weighted by molar-refractivity contribution is 5.69. The number of carbonyl (C=O) groups is 1. The third-order valence-electron chi connectivity index (χ3n) is 3.25. The molecule has 0 aliphatic carbocycles. The number of hydrogen-bond acceptors (Lipinski definition) is 3. The van der Waals surface area contributed by atoms with E-state index in [4.69, 9.17) is 9.84 Å². The van der Waals surface area contributed by atoms with E-state index in [0.29, 0.717) is 6.04 Å². The van der Waals surface area contributed by atoms with Crippen molar-refractivity contribution in [2.24, 2.45) is 5.92 Å². The summed E-state index contributed by atoms with van der Waals surface area (Å²) in [7, 11) is 0. The Kier molecular flexibility index (Phi) is 3.03. The first kappa shape index (κ1) is 9.93. The van der Waals surface area contributed by atoms with Crippen LogP contribution < -0.4 is 0 Å². The Labute approximate surface area is 83.8 Å². The molecule has 2 saturated heterocycles. The van der Waals surface area contributed by atoms with Crippen molar-refractivity contribution < 1.29 is 14.6 Å². The number of rotatable bonds is 2. The summed E-state index contributed by atoms with van der Waals surface area (Å²) in [6.07, 6.45) is 2.64. The van der Waals surface area contributed by atoms with Gasteiger partial charge in [0.05, 0.1) is 25.2 Å². The van der Waals surface area contributed by atoms with Crippen LogP contribution in [-0.4, -0.2) is 48.3 Å². The minimum absolute atomic E-state index is 0.124. The molecule has 0 saturated carbocycles. The molecule has 4 heteroatoms. The van der Waals surface area contributed by atoms with E-state index in [-0.39, 0.29) is 5.92 Å². The molecule has 0 amide bonds. The summed E-state index contributed by atoms with van der Waals surface area (Å²) < 4.78 is 5.15. The van der Waals surface area contributed by atoms with Crippen LogP contribution in [0.25, 0.3) is 0 Å². The molecule has 1 N–H and O–H groups in total. The van der Waals surface area contributed by atoms with E-state index in [1.807, 2.05) is 0 Å². The molecule has 80 valence electrons. The standard InChI is InChI=1S/C10H17NO3/c12-10(13)8-2-1-4-11(5-3-8)9-6-14-7-9/h8-9H,1-7H2,(H,12,13). The Morgan fingerprint density at radius 2 is 2.07 bits per heavy atom. The summed E-state index contributed by atoms with van der Waals surface area (Å²) in [6.45, 7) is 3.62. The maximum absolute atomic E-state index is 10.8. The molecule has 0 bridgehead atoms. The Hall–Kier alpha value is -0.610. The van der Waals surface area contributed by atoms with Gasteiger partial charge >= 0.3 is 5.97 Å². The largest absolute Gasteiger partial charge is 0.481 e. The van der Waals surface area contributed by atoms with Crippen LogP contribution in [0, 0.1) is 5.92 Å². The zero-order valence-corrected chi connectivity index (χ0v) is 8.32. The number of likely N-dealkylation sites (tertiary alicyclic amines) is 1. The summed E-state index contributed by atoms with van der Waals surface area (Å²) in [5, 5.41) is 8.92. The van der Waals surface area contributed by atoms with Crippen LogP contribution in [-0.2, 0) is 9.53 Å². The number of carboxylic acids is 1. The van der Waals surface area contributed by atoms with Crippen LogP contribution in [0.5, 0.6) is 0 Å². The van der Waals surface area contributed by atoms with Gasteiger partial charge < -0.3 is 9.84 Å². The second kappa shape index (κ2) is 4.28. The third-order valence-corrected chi connectivity index (χ3v) is 3.25. The van der Waals surface area contributed by atoms with Crippen molar-refractivity contribution in [2.75, 3.05) is 26.3 Å². The van der Waals surface area contributed by atoms with Crippen molar-refractivity contribution in [1.29, 1.82) is 0 Å². The van der Waals surface area contributed by atoms with Gasteiger partial charge in [0.2, 0.25) is 0 Å². The van der Waals surface area contributed by atoms with Gasteiger partial charge in [-0.05, 0) is 32.4 Å². The zero-order valence-electron chi connectivity index (χ0n) is 8.32. The van der Waals surface area contributed by atoms with E-state index in [1.165, 1.54) is 0 Å². The van der Waals surface area contributed by atoms with Crippen molar-refractivity contribution in [1.82, 2.24) is 4.90 Å². The molecule has 2 rings (SSSR count). The lowest BCUT2D eigenvalue weighted by Crippen LogP contribution is -2.49. The van der Waals surface area contributed by atoms with Crippen molar-refractivity contribution in [3.63, 3.8) is 0 Å². The van der Waals surface area contributed by atoms with Gasteiger partial charge in [-0.3, -0.25) is 9.69 Å². The van der Waals surface area contributed by atoms with Gasteiger partial charge in [-0.15, -0.1) is 0 Å². The van der Waals surface area contributed by atoms with E-state index >= 15 is 0 Å². The lowest BCUT2D eigenvalue weighted by atomic mass is 10.0. The number of carboxylic acid groups (broad SMARTS) is 1. The molecule has 0 aromatic carbocycles. The SMILES string of the molecule is O=C(O)C1CCCN(C2COC2)CC1. The highest BCUT2D eigenvalue weighted by Crippen LogP contribution is 2.21. The Balaban J connectivity index is 1.84. The lowest BCUT2D eigenvalue weighted by molar-refractivity contribution is -0.142. The van der Waals surface area contributed by atoms with Gasteiger partial charge in [-0.1, -0.05) is 0 Å². The van der Waals surface area contributed by atoms with Crippen molar-refractivity contribution in [3.05, 3.63) is 0 Å². The normalized spacial score (nSPS) is 30.7. The monoisotopic (exact) mass is 199 g/mol. The average molecular weight is 199 g/mol. The van der Waals surface area contributed by atoms with Crippen LogP contribution >= 0.6 is 0 Å². The number of nitrogens with zero attached hydrogens (tertiary/aromatic N) is 1. The lowest BCUT2D eigenvalue weighted by Gasteiger charge is -2.36. The fraction of sp³-hybridized carbons (Fsp3) is 0.900. The minimum Gasteiger partial charge on any atom is -0.481 e. The van der Waals surface area contributed by atoms with Crippen molar-refractivity contribution in [3.8, 4) is 0 Å². The van der Waals surface area contributed by atoms with Gasteiger partial charge in [-0.2, -0.15) is 0 Å². The molecule has 2 aliphatic rings. The molecule has 4 nitrogen and oxygen atoms in total. The molecule has 2 aliphatic heterocycles. The molecule has 0 radical (unpaired) electrons. The first-order chi connectivity index (χ1) is 6.77. The fourth-order valence-corrected chi connectivity index (χ4v) is 2.16. The smallest absolute Gasteiger partial charge is 0.306 e. The quantitative estimate of drug-likeness (QED) is 0.706. The molecule has 1 atom stereocenters. The maximum Gasteiger partial charge on any atom is 0.306 e. The molecule has 0 aromatic heterocycles. The molecule has 0 aromatic rings. The molecule has 1 unspecified atom stereocenters. The molecule has 0 spiro atoms. The number of hydrogen-bond donors (Lipinski definition) is 1. The number of aliphatic carboxylic acids is 1.